The summed E-state index contributed by atoms with van der Waals surface area (Å²) in [6, 6.07) is 4.49. The van der Waals surface area contributed by atoms with E-state index >= 15 is 0 Å². The van der Waals surface area contributed by atoms with Crippen LogP contribution in [0.15, 0.2) is 12.1 Å². The van der Waals surface area contributed by atoms with Crippen LogP contribution in [0.2, 0.25) is 0 Å². The molecule has 0 radical (unpaired) electrons. The molecule has 1 aromatic carbocycles. The van der Waals surface area contributed by atoms with Crippen molar-refractivity contribution in [3.05, 3.63) is 28.8 Å². The fraction of sp³-hybridized carbons (Fsp3) is 0.667. The van der Waals surface area contributed by atoms with E-state index in [1.54, 1.807) is 0 Å². The van der Waals surface area contributed by atoms with Crippen molar-refractivity contribution in [2.75, 3.05) is 7.05 Å². The molecule has 1 saturated carbocycles. The minimum absolute atomic E-state index is 0.397. The van der Waals surface area contributed by atoms with E-state index in [9.17, 15) is 0 Å². The molecule has 1 aliphatic rings. The molecule has 2 rings (SSSR count). The first-order valence-electron chi connectivity index (χ1n) is 7.92. The summed E-state index contributed by atoms with van der Waals surface area (Å²) in [7, 11) is 1.99. The van der Waals surface area contributed by atoms with Gasteiger partial charge in [-0.15, -0.1) is 0 Å². The molecule has 20 heavy (non-hydrogen) atoms. The van der Waals surface area contributed by atoms with Crippen molar-refractivity contribution in [1.29, 1.82) is 0 Å². The molecule has 0 saturated heterocycles. The Labute approximate surface area is 123 Å². The van der Waals surface area contributed by atoms with Crippen LogP contribution in [-0.2, 0) is 6.54 Å². The summed E-state index contributed by atoms with van der Waals surface area (Å²) in [5.74, 6) is 2.73. The molecule has 0 amide bonds. The molecule has 0 spiro atoms. The zero-order chi connectivity index (χ0) is 14.7. The molecule has 0 aliphatic heterocycles. The average molecular weight is 275 g/mol. The molecule has 0 bridgehead atoms. The van der Waals surface area contributed by atoms with Crippen molar-refractivity contribution in [3.63, 3.8) is 0 Å². The van der Waals surface area contributed by atoms with E-state index in [4.69, 9.17) is 4.74 Å². The highest BCUT2D eigenvalue weighted by Gasteiger charge is 2.26. The Balaban J connectivity index is 2.09. The van der Waals surface area contributed by atoms with Gasteiger partial charge in [-0.25, -0.2) is 0 Å². The summed E-state index contributed by atoms with van der Waals surface area (Å²) < 4.78 is 6.35. The quantitative estimate of drug-likeness (QED) is 0.888. The highest BCUT2D eigenvalue weighted by Crippen LogP contribution is 2.34. The molecule has 2 heteroatoms. The molecule has 1 N–H and O–H groups in total. The van der Waals surface area contributed by atoms with Crippen molar-refractivity contribution < 1.29 is 4.74 Å². The summed E-state index contributed by atoms with van der Waals surface area (Å²) >= 11 is 0. The minimum Gasteiger partial charge on any atom is -0.490 e. The van der Waals surface area contributed by atoms with Gasteiger partial charge in [-0.05, 0) is 68.7 Å². The minimum atomic E-state index is 0.397. The average Bonchev–Trinajstić information content (AvgIpc) is 2.38. The fourth-order valence-corrected chi connectivity index (χ4v) is 3.30. The highest BCUT2D eigenvalue weighted by molar-refractivity contribution is 5.43. The van der Waals surface area contributed by atoms with Crippen LogP contribution in [0.25, 0.3) is 0 Å². The van der Waals surface area contributed by atoms with Crippen LogP contribution in [0.5, 0.6) is 5.75 Å². The predicted octanol–water partition coefficient (Wildman–Crippen LogP) is 4.23. The molecule has 1 aliphatic carbocycles. The van der Waals surface area contributed by atoms with E-state index < -0.39 is 0 Å². The summed E-state index contributed by atoms with van der Waals surface area (Å²) in [5.41, 5.74) is 3.86. The summed E-state index contributed by atoms with van der Waals surface area (Å²) in [4.78, 5) is 0. The van der Waals surface area contributed by atoms with Gasteiger partial charge in [0.1, 0.15) is 5.75 Å². The molecule has 112 valence electrons. The Kier molecular flexibility index (Phi) is 5.09. The van der Waals surface area contributed by atoms with E-state index in [0.29, 0.717) is 6.10 Å². The second-order valence-electron chi connectivity index (χ2n) is 6.60. The van der Waals surface area contributed by atoms with Crippen LogP contribution in [-0.4, -0.2) is 13.2 Å². The molecular weight excluding hydrogens is 246 g/mol. The van der Waals surface area contributed by atoms with Gasteiger partial charge in [0.15, 0.2) is 0 Å². The zero-order valence-corrected chi connectivity index (χ0v) is 13.6. The molecule has 0 aromatic heterocycles. The zero-order valence-electron chi connectivity index (χ0n) is 13.6. The highest BCUT2D eigenvalue weighted by atomic mass is 16.5. The maximum atomic E-state index is 6.35. The van der Waals surface area contributed by atoms with Gasteiger partial charge in [-0.2, -0.15) is 0 Å². The fourth-order valence-electron chi connectivity index (χ4n) is 3.30. The van der Waals surface area contributed by atoms with Gasteiger partial charge in [-0.3, -0.25) is 0 Å². The lowest BCUT2D eigenvalue weighted by Crippen LogP contribution is -2.29. The summed E-state index contributed by atoms with van der Waals surface area (Å²) in [6.45, 7) is 9.96. The van der Waals surface area contributed by atoms with Crippen LogP contribution < -0.4 is 10.1 Å². The van der Waals surface area contributed by atoms with Crippen molar-refractivity contribution in [3.8, 4) is 5.75 Å². The van der Waals surface area contributed by atoms with Gasteiger partial charge in [0.25, 0.3) is 0 Å². The number of aryl methyl sites for hydroxylation is 2. The van der Waals surface area contributed by atoms with E-state index in [-0.39, 0.29) is 0 Å². The standard InChI is InChI=1S/C18H29NO/c1-12-6-7-17(10-13(12)2)20-18-14(3)8-16(11-19-5)9-15(18)4/h8-9,12-13,17,19H,6-7,10-11H2,1-5H3. The van der Waals surface area contributed by atoms with E-state index in [1.807, 2.05) is 7.05 Å². The lowest BCUT2D eigenvalue weighted by Gasteiger charge is -2.33. The Bertz CT molecular complexity index is 432. The maximum absolute atomic E-state index is 6.35. The summed E-state index contributed by atoms with van der Waals surface area (Å²) in [6.07, 6.45) is 4.08. The van der Waals surface area contributed by atoms with Gasteiger partial charge in [0.2, 0.25) is 0 Å². The van der Waals surface area contributed by atoms with Gasteiger partial charge in [0.05, 0.1) is 6.10 Å². The molecule has 3 unspecified atom stereocenters. The van der Waals surface area contributed by atoms with E-state index in [2.05, 4.69) is 45.1 Å². The van der Waals surface area contributed by atoms with Crippen molar-refractivity contribution in [2.24, 2.45) is 11.8 Å². The lowest BCUT2D eigenvalue weighted by atomic mass is 9.80. The van der Waals surface area contributed by atoms with Gasteiger partial charge in [0, 0.05) is 6.54 Å². The van der Waals surface area contributed by atoms with Crippen LogP contribution in [0.3, 0.4) is 0 Å². The lowest BCUT2D eigenvalue weighted by molar-refractivity contribution is 0.0993. The Morgan fingerprint density at radius 1 is 1.10 bits per heavy atom. The molecule has 1 aromatic rings. The Morgan fingerprint density at radius 3 is 2.30 bits per heavy atom. The topological polar surface area (TPSA) is 21.3 Å². The number of nitrogens with one attached hydrogen (secondary N) is 1. The smallest absolute Gasteiger partial charge is 0.125 e. The van der Waals surface area contributed by atoms with Crippen LogP contribution in [0.1, 0.15) is 49.8 Å². The van der Waals surface area contributed by atoms with Crippen molar-refractivity contribution >= 4 is 0 Å². The van der Waals surface area contributed by atoms with Crippen molar-refractivity contribution in [1.82, 2.24) is 5.32 Å². The third-order valence-electron chi connectivity index (χ3n) is 4.74. The molecule has 3 atom stereocenters. The number of benzene rings is 1. The summed E-state index contributed by atoms with van der Waals surface area (Å²) in [5, 5.41) is 3.21. The number of ether oxygens (including phenoxy) is 1. The van der Waals surface area contributed by atoms with Crippen molar-refractivity contribution in [2.45, 2.75) is 59.6 Å². The largest absolute Gasteiger partial charge is 0.490 e. The van der Waals surface area contributed by atoms with E-state index in [0.717, 1.165) is 24.1 Å². The number of hydrogen-bond acceptors (Lipinski definition) is 2. The predicted molar refractivity (Wildman–Crippen MR) is 85.3 cm³/mol. The van der Waals surface area contributed by atoms with E-state index in [1.165, 1.54) is 36.0 Å². The third-order valence-corrected chi connectivity index (χ3v) is 4.74. The van der Waals surface area contributed by atoms with Crippen LogP contribution >= 0.6 is 0 Å². The monoisotopic (exact) mass is 275 g/mol. The second kappa shape index (κ2) is 6.62. The first kappa shape index (κ1) is 15.4. The second-order valence-corrected chi connectivity index (χ2v) is 6.60. The first-order chi connectivity index (χ1) is 9.51. The maximum Gasteiger partial charge on any atom is 0.125 e. The normalized spacial score (nSPS) is 26.6. The first-order valence-corrected chi connectivity index (χ1v) is 7.92. The molecule has 0 heterocycles. The molecule has 1 fully saturated rings. The van der Waals surface area contributed by atoms with Crippen LogP contribution in [0, 0.1) is 25.7 Å². The van der Waals surface area contributed by atoms with Gasteiger partial charge >= 0.3 is 0 Å². The van der Waals surface area contributed by atoms with Gasteiger partial charge < -0.3 is 10.1 Å². The third kappa shape index (κ3) is 3.54. The Hall–Kier alpha value is -1.02. The SMILES string of the molecule is CNCc1cc(C)c(OC2CCC(C)C(C)C2)c(C)c1. The Morgan fingerprint density at radius 2 is 1.75 bits per heavy atom. The molecular formula is C18H29NO. The molecule has 2 nitrogen and oxygen atoms in total. The van der Waals surface area contributed by atoms with Crippen LogP contribution in [0.4, 0.5) is 0 Å². The van der Waals surface area contributed by atoms with Gasteiger partial charge in [-0.1, -0.05) is 26.0 Å². The number of rotatable bonds is 4. The number of hydrogen-bond donors (Lipinski definition) is 1.